The number of halogens is 1. The quantitative estimate of drug-likeness (QED) is 0.791. The average molecular weight is 399 g/mol. The smallest absolute Gasteiger partial charge is 0.241 e. The Bertz CT molecular complexity index is 679. The van der Waals surface area contributed by atoms with E-state index in [9.17, 15) is 4.79 Å². The van der Waals surface area contributed by atoms with Crippen LogP contribution >= 0.6 is 27.3 Å². The minimum absolute atomic E-state index is 0.132. The molecule has 0 unspecified atom stereocenters. The van der Waals surface area contributed by atoms with Crippen LogP contribution in [0, 0.1) is 0 Å². The van der Waals surface area contributed by atoms with Gasteiger partial charge in [0.1, 0.15) is 0 Å². The first-order chi connectivity index (χ1) is 11.0. The predicted octanol–water partition coefficient (Wildman–Crippen LogP) is 3.00. The molecule has 1 amide bonds. The van der Waals surface area contributed by atoms with Crippen molar-refractivity contribution < 1.29 is 9.32 Å². The zero-order valence-electron chi connectivity index (χ0n) is 13.2. The van der Waals surface area contributed by atoms with Gasteiger partial charge in [0.05, 0.1) is 15.2 Å². The summed E-state index contributed by atoms with van der Waals surface area (Å²) in [5.41, 5.74) is 0. The topological polar surface area (TPSA) is 62.5 Å². The highest BCUT2D eigenvalue weighted by molar-refractivity contribution is 9.11. The molecule has 0 aromatic carbocycles. The third-order valence-corrected chi connectivity index (χ3v) is 5.84. The molecule has 1 aliphatic heterocycles. The van der Waals surface area contributed by atoms with Gasteiger partial charge in [0, 0.05) is 33.1 Å². The first-order valence-corrected chi connectivity index (χ1v) is 9.18. The molecule has 3 rings (SSSR count). The molecule has 0 spiro atoms. The van der Waals surface area contributed by atoms with Crippen LogP contribution in [-0.2, 0) is 11.3 Å². The Labute approximate surface area is 147 Å². The highest BCUT2D eigenvalue weighted by atomic mass is 79.9. The van der Waals surface area contributed by atoms with Gasteiger partial charge < -0.3 is 9.42 Å². The van der Waals surface area contributed by atoms with Crippen molar-refractivity contribution in [2.24, 2.45) is 0 Å². The summed E-state index contributed by atoms with van der Waals surface area (Å²) >= 11 is 5.03. The van der Waals surface area contributed by atoms with Crippen LogP contribution in [0.15, 0.2) is 20.4 Å². The molecule has 2 aromatic heterocycles. The zero-order valence-corrected chi connectivity index (χ0v) is 15.6. The highest BCUT2D eigenvalue weighted by Crippen LogP contribution is 2.29. The summed E-state index contributed by atoms with van der Waals surface area (Å²) in [4.78, 5) is 21.0. The second kappa shape index (κ2) is 7.11. The van der Waals surface area contributed by atoms with Crippen LogP contribution in [0.3, 0.4) is 0 Å². The van der Waals surface area contributed by atoms with Crippen molar-refractivity contribution >= 4 is 33.2 Å². The van der Waals surface area contributed by atoms with Crippen LogP contribution in [-0.4, -0.2) is 52.0 Å². The number of thiophene rings is 1. The molecule has 1 fully saturated rings. The minimum Gasteiger partial charge on any atom is -0.343 e. The van der Waals surface area contributed by atoms with Gasteiger partial charge in [-0.15, -0.1) is 11.3 Å². The third kappa shape index (κ3) is 3.99. The first kappa shape index (κ1) is 16.6. The normalized spacial score (nSPS) is 16.7. The number of amides is 1. The summed E-state index contributed by atoms with van der Waals surface area (Å²) in [5.74, 6) is 1.41. The van der Waals surface area contributed by atoms with Gasteiger partial charge in [-0.1, -0.05) is 5.16 Å². The fourth-order valence-electron chi connectivity index (χ4n) is 2.77. The summed E-state index contributed by atoms with van der Waals surface area (Å²) in [7, 11) is 1.88. The molecule has 2 aromatic rings. The number of carbonyl (C=O) groups is 1. The third-order valence-electron chi connectivity index (χ3n) is 4.22. The minimum atomic E-state index is 0.132. The number of hydrogen-bond donors (Lipinski definition) is 0. The molecule has 0 aliphatic carbocycles. The molecule has 124 valence electrons. The van der Waals surface area contributed by atoms with Gasteiger partial charge in [0.25, 0.3) is 0 Å². The molecule has 0 atom stereocenters. The molecule has 23 heavy (non-hydrogen) atoms. The molecule has 0 bridgehead atoms. The molecule has 1 aliphatic rings. The van der Waals surface area contributed by atoms with Crippen molar-refractivity contribution in [2.45, 2.75) is 32.4 Å². The van der Waals surface area contributed by atoms with Gasteiger partial charge in [0.2, 0.25) is 17.6 Å². The van der Waals surface area contributed by atoms with Gasteiger partial charge in [-0.25, -0.2) is 0 Å². The van der Waals surface area contributed by atoms with Crippen LogP contribution in [0.2, 0.25) is 0 Å². The van der Waals surface area contributed by atoms with Gasteiger partial charge in [-0.05, 0) is 40.9 Å². The van der Waals surface area contributed by atoms with E-state index < -0.39 is 0 Å². The lowest BCUT2D eigenvalue weighted by Crippen LogP contribution is -2.44. The van der Waals surface area contributed by atoms with E-state index in [1.165, 1.54) is 0 Å². The molecular formula is C15H19BrN4O2S. The summed E-state index contributed by atoms with van der Waals surface area (Å²) in [6.07, 6.45) is 1.96. The first-order valence-electron chi connectivity index (χ1n) is 7.57. The lowest BCUT2D eigenvalue weighted by Gasteiger charge is -2.35. The Hall–Kier alpha value is -1.25. The maximum atomic E-state index is 11.4. The number of piperidine rings is 1. The fourth-order valence-corrected chi connectivity index (χ4v) is 4.08. The summed E-state index contributed by atoms with van der Waals surface area (Å²) in [5, 5.41) is 4.06. The number of carbonyl (C=O) groups excluding carboxylic acids is 1. The summed E-state index contributed by atoms with van der Waals surface area (Å²) < 4.78 is 6.42. The molecule has 0 radical (unpaired) electrons. The molecule has 0 N–H and O–H groups in total. The lowest BCUT2D eigenvalue weighted by atomic mass is 10.0. The van der Waals surface area contributed by atoms with Crippen molar-refractivity contribution in [3.05, 3.63) is 21.8 Å². The number of hydrogen-bond acceptors (Lipinski definition) is 6. The zero-order chi connectivity index (χ0) is 16.4. The molecule has 3 heterocycles. The largest absolute Gasteiger partial charge is 0.343 e. The molecule has 1 saturated heterocycles. The van der Waals surface area contributed by atoms with E-state index in [0.717, 1.165) is 34.6 Å². The molecule has 0 saturated carbocycles. The Morgan fingerprint density at radius 3 is 2.83 bits per heavy atom. The van der Waals surface area contributed by atoms with Gasteiger partial charge in [0.15, 0.2) is 0 Å². The van der Waals surface area contributed by atoms with Crippen LogP contribution in [0.1, 0.15) is 25.7 Å². The maximum absolute atomic E-state index is 11.4. The Morgan fingerprint density at radius 1 is 1.48 bits per heavy atom. The van der Waals surface area contributed by atoms with Crippen molar-refractivity contribution in [3.63, 3.8) is 0 Å². The van der Waals surface area contributed by atoms with Gasteiger partial charge in [-0.2, -0.15) is 4.98 Å². The fraction of sp³-hybridized carbons (Fsp3) is 0.533. The molecule has 8 heteroatoms. The van der Waals surface area contributed by atoms with E-state index in [2.05, 4.69) is 31.0 Å². The standard InChI is InChI=1S/C15H19BrN4O2S/c1-10(21)19(2)11-5-7-20(8-6-11)9-14-17-15(18-22-14)12-3-4-13(16)23-12/h3-4,11H,5-9H2,1-2H3. The Balaban J connectivity index is 1.55. The van der Waals surface area contributed by atoms with Crippen molar-refractivity contribution in [3.8, 4) is 10.7 Å². The van der Waals surface area contributed by atoms with E-state index >= 15 is 0 Å². The van der Waals surface area contributed by atoms with E-state index in [-0.39, 0.29) is 5.91 Å². The van der Waals surface area contributed by atoms with Gasteiger partial charge >= 0.3 is 0 Å². The monoisotopic (exact) mass is 398 g/mol. The van der Waals surface area contributed by atoms with E-state index in [1.807, 2.05) is 24.1 Å². The second-order valence-electron chi connectivity index (χ2n) is 5.75. The number of nitrogens with zero attached hydrogens (tertiary/aromatic N) is 4. The van der Waals surface area contributed by atoms with Crippen LogP contribution in [0.25, 0.3) is 10.7 Å². The SMILES string of the molecule is CC(=O)N(C)C1CCN(Cc2nc(-c3ccc(Br)s3)no2)CC1. The van der Waals surface area contributed by atoms with Crippen LogP contribution in [0.5, 0.6) is 0 Å². The Morgan fingerprint density at radius 2 is 2.22 bits per heavy atom. The van der Waals surface area contributed by atoms with E-state index in [4.69, 9.17) is 4.52 Å². The lowest BCUT2D eigenvalue weighted by molar-refractivity contribution is -0.130. The van der Waals surface area contributed by atoms with Crippen LogP contribution < -0.4 is 0 Å². The second-order valence-corrected chi connectivity index (χ2v) is 8.22. The summed E-state index contributed by atoms with van der Waals surface area (Å²) in [6, 6.07) is 4.30. The molecule has 6 nitrogen and oxygen atoms in total. The summed E-state index contributed by atoms with van der Waals surface area (Å²) in [6.45, 7) is 4.15. The Kier molecular flexibility index (Phi) is 5.13. The average Bonchev–Trinajstić information content (AvgIpc) is 3.16. The highest BCUT2D eigenvalue weighted by Gasteiger charge is 2.25. The number of likely N-dealkylation sites (tertiary alicyclic amines) is 1. The predicted molar refractivity (Wildman–Crippen MR) is 92.1 cm³/mol. The van der Waals surface area contributed by atoms with Crippen LogP contribution in [0.4, 0.5) is 0 Å². The van der Waals surface area contributed by atoms with E-state index in [1.54, 1.807) is 18.3 Å². The van der Waals surface area contributed by atoms with E-state index in [0.29, 0.717) is 24.3 Å². The number of aromatic nitrogens is 2. The van der Waals surface area contributed by atoms with Crippen molar-refractivity contribution in [2.75, 3.05) is 20.1 Å². The van der Waals surface area contributed by atoms with Crippen molar-refractivity contribution in [1.82, 2.24) is 19.9 Å². The maximum Gasteiger partial charge on any atom is 0.241 e. The van der Waals surface area contributed by atoms with Gasteiger partial charge in [-0.3, -0.25) is 9.69 Å². The van der Waals surface area contributed by atoms with Crippen molar-refractivity contribution in [1.29, 1.82) is 0 Å². The number of rotatable bonds is 4. The molecular weight excluding hydrogens is 380 g/mol.